The predicted octanol–water partition coefficient (Wildman–Crippen LogP) is 6.87. The van der Waals surface area contributed by atoms with Gasteiger partial charge in [0.05, 0.1) is 18.5 Å². The molecule has 0 aliphatic rings. The molecule has 3 aromatic rings. The van der Waals surface area contributed by atoms with Crippen LogP contribution in [-0.4, -0.2) is 17.8 Å². The van der Waals surface area contributed by atoms with Crippen molar-refractivity contribution in [3.05, 3.63) is 64.5 Å². The molecule has 146 valence electrons. The second-order valence-electron chi connectivity index (χ2n) is 6.39. The molecule has 3 rings (SSSR count). The highest BCUT2D eigenvalue weighted by Gasteiger charge is 2.03. The Hall–Kier alpha value is -2.37. The SMILES string of the molecule is CCCCCCOc1ccc(/C=N/Nc2nc(-c3ccc(Cl)cc3)cs2)cc1. The third-order valence-electron chi connectivity index (χ3n) is 4.16. The number of hydrogen-bond acceptors (Lipinski definition) is 5. The van der Waals surface area contributed by atoms with E-state index in [4.69, 9.17) is 16.3 Å². The molecule has 0 unspecified atom stereocenters. The Morgan fingerprint density at radius 3 is 2.61 bits per heavy atom. The Kier molecular flexibility index (Phi) is 7.88. The summed E-state index contributed by atoms with van der Waals surface area (Å²) in [5, 5.41) is 7.72. The van der Waals surface area contributed by atoms with E-state index < -0.39 is 0 Å². The van der Waals surface area contributed by atoms with E-state index >= 15 is 0 Å². The number of benzene rings is 2. The van der Waals surface area contributed by atoms with Crippen molar-refractivity contribution in [1.29, 1.82) is 0 Å². The molecule has 1 N–H and O–H groups in total. The van der Waals surface area contributed by atoms with Crippen molar-refractivity contribution >= 4 is 34.3 Å². The summed E-state index contributed by atoms with van der Waals surface area (Å²) < 4.78 is 5.76. The van der Waals surface area contributed by atoms with E-state index in [1.54, 1.807) is 6.21 Å². The summed E-state index contributed by atoms with van der Waals surface area (Å²) in [6.07, 6.45) is 6.61. The van der Waals surface area contributed by atoms with Crippen LogP contribution in [0.2, 0.25) is 5.02 Å². The van der Waals surface area contributed by atoms with Gasteiger partial charge in [-0.3, -0.25) is 5.43 Å². The monoisotopic (exact) mass is 413 g/mol. The zero-order chi connectivity index (χ0) is 19.6. The van der Waals surface area contributed by atoms with Crippen LogP contribution in [0.5, 0.6) is 5.75 Å². The van der Waals surface area contributed by atoms with Crippen molar-refractivity contribution in [2.24, 2.45) is 5.10 Å². The molecule has 0 saturated carbocycles. The van der Waals surface area contributed by atoms with Crippen LogP contribution in [0, 0.1) is 0 Å². The van der Waals surface area contributed by atoms with Gasteiger partial charge in [0.25, 0.3) is 0 Å². The fourth-order valence-electron chi connectivity index (χ4n) is 2.61. The lowest BCUT2D eigenvalue weighted by Gasteiger charge is -2.05. The van der Waals surface area contributed by atoms with Gasteiger partial charge < -0.3 is 4.74 Å². The minimum Gasteiger partial charge on any atom is -0.494 e. The fraction of sp³-hybridized carbons (Fsp3) is 0.273. The molecule has 0 bridgehead atoms. The Morgan fingerprint density at radius 2 is 1.86 bits per heavy atom. The molecular formula is C22H24ClN3OS. The van der Waals surface area contributed by atoms with E-state index in [-0.39, 0.29) is 0 Å². The van der Waals surface area contributed by atoms with Crippen LogP contribution in [0.4, 0.5) is 5.13 Å². The smallest absolute Gasteiger partial charge is 0.203 e. The van der Waals surface area contributed by atoms with Gasteiger partial charge in [-0.2, -0.15) is 5.10 Å². The van der Waals surface area contributed by atoms with E-state index in [0.717, 1.165) is 45.8 Å². The van der Waals surface area contributed by atoms with E-state index in [0.29, 0.717) is 0 Å². The zero-order valence-electron chi connectivity index (χ0n) is 15.9. The summed E-state index contributed by atoms with van der Waals surface area (Å²) in [4.78, 5) is 4.54. The first kappa shape index (κ1) is 20.4. The molecular weight excluding hydrogens is 390 g/mol. The van der Waals surface area contributed by atoms with Crippen LogP contribution in [0.1, 0.15) is 38.2 Å². The molecule has 0 amide bonds. The van der Waals surface area contributed by atoms with Gasteiger partial charge >= 0.3 is 0 Å². The summed E-state index contributed by atoms with van der Waals surface area (Å²) in [5.74, 6) is 0.897. The highest BCUT2D eigenvalue weighted by atomic mass is 35.5. The van der Waals surface area contributed by atoms with E-state index in [1.165, 1.54) is 30.6 Å². The quantitative estimate of drug-likeness (QED) is 0.224. The number of ether oxygens (including phenoxy) is 1. The van der Waals surface area contributed by atoms with Crippen molar-refractivity contribution in [2.75, 3.05) is 12.0 Å². The molecule has 0 radical (unpaired) electrons. The van der Waals surface area contributed by atoms with Gasteiger partial charge in [-0.15, -0.1) is 11.3 Å². The van der Waals surface area contributed by atoms with Gasteiger partial charge in [0, 0.05) is 16.0 Å². The Morgan fingerprint density at radius 1 is 1.07 bits per heavy atom. The second kappa shape index (κ2) is 10.8. The fourth-order valence-corrected chi connectivity index (χ4v) is 3.40. The molecule has 6 heteroatoms. The molecule has 1 heterocycles. The summed E-state index contributed by atoms with van der Waals surface area (Å²) in [6, 6.07) is 15.6. The predicted molar refractivity (Wildman–Crippen MR) is 120 cm³/mol. The Bertz CT molecular complexity index is 876. The maximum Gasteiger partial charge on any atom is 0.203 e. The van der Waals surface area contributed by atoms with Gasteiger partial charge in [-0.25, -0.2) is 4.98 Å². The van der Waals surface area contributed by atoms with Crippen LogP contribution in [-0.2, 0) is 0 Å². The number of rotatable bonds is 10. The second-order valence-corrected chi connectivity index (χ2v) is 7.69. The van der Waals surface area contributed by atoms with Crippen molar-refractivity contribution < 1.29 is 4.74 Å². The largest absolute Gasteiger partial charge is 0.494 e. The number of thiazole rings is 1. The lowest BCUT2D eigenvalue weighted by Crippen LogP contribution is -1.97. The van der Waals surface area contributed by atoms with E-state index in [2.05, 4.69) is 22.4 Å². The molecule has 4 nitrogen and oxygen atoms in total. The summed E-state index contributed by atoms with van der Waals surface area (Å²) in [7, 11) is 0. The van der Waals surface area contributed by atoms with Crippen LogP contribution in [0.15, 0.2) is 59.0 Å². The average molecular weight is 414 g/mol. The average Bonchev–Trinajstić information content (AvgIpc) is 3.18. The highest BCUT2D eigenvalue weighted by molar-refractivity contribution is 7.14. The Balaban J connectivity index is 1.47. The Labute approximate surface area is 175 Å². The molecule has 0 spiro atoms. The third kappa shape index (κ3) is 6.36. The van der Waals surface area contributed by atoms with E-state index in [9.17, 15) is 0 Å². The number of hydrogen-bond donors (Lipinski definition) is 1. The minimum atomic E-state index is 0.717. The number of aromatic nitrogens is 1. The van der Waals surface area contributed by atoms with Crippen LogP contribution >= 0.6 is 22.9 Å². The molecule has 1 aromatic heterocycles. The highest BCUT2D eigenvalue weighted by Crippen LogP contribution is 2.25. The van der Waals surface area contributed by atoms with Gasteiger partial charge in [0.15, 0.2) is 0 Å². The number of hydrazone groups is 1. The summed E-state index contributed by atoms with van der Waals surface area (Å²) in [6.45, 7) is 2.98. The van der Waals surface area contributed by atoms with Crippen molar-refractivity contribution in [3.8, 4) is 17.0 Å². The lowest BCUT2D eigenvalue weighted by molar-refractivity contribution is 0.305. The first-order chi connectivity index (χ1) is 13.7. The molecule has 0 atom stereocenters. The third-order valence-corrected chi connectivity index (χ3v) is 5.16. The number of anilines is 1. The van der Waals surface area contributed by atoms with E-state index in [1.807, 2.05) is 53.9 Å². The molecule has 28 heavy (non-hydrogen) atoms. The maximum absolute atomic E-state index is 5.93. The van der Waals surface area contributed by atoms with Crippen LogP contribution in [0.25, 0.3) is 11.3 Å². The molecule has 0 saturated heterocycles. The first-order valence-electron chi connectivity index (χ1n) is 9.48. The first-order valence-corrected chi connectivity index (χ1v) is 10.7. The van der Waals surface area contributed by atoms with Gasteiger partial charge in [-0.05, 0) is 48.4 Å². The number of nitrogens with zero attached hydrogens (tertiary/aromatic N) is 2. The van der Waals surface area contributed by atoms with Crippen molar-refractivity contribution in [2.45, 2.75) is 32.6 Å². The molecule has 0 aliphatic carbocycles. The topological polar surface area (TPSA) is 46.5 Å². The number of unbranched alkanes of at least 4 members (excludes halogenated alkanes) is 3. The normalized spacial score (nSPS) is 11.1. The van der Waals surface area contributed by atoms with Crippen molar-refractivity contribution in [1.82, 2.24) is 4.98 Å². The van der Waals surface area contributed by atoms with Gasteiger partial charge in [0.1, 0.15) is 5.75 Å². The van der Waals surface area contributed by atoms with Gasteiger partial charge in [0.2, 0.25) is 5.13 Å². The number of nitrogens with one attached hydrogen (secondary N) is 1. The van der Waals surface area contributed by atoms with Gasteiger partial charge in [-0.1, -0.05) is 49.9 Å². The summed E-state index contributed by atoms with van der Waals surface area (Å²) >= 11 is 7.44. The van der Waals surface area contributed by atoms with Crippen molar-refractivity contribution in [3.63, 3.8) is 0 Å². The van der Waals surface area contributed by atoms with Crippen LogP contribution < -0.4 is 10.2 Å². The minimum absolute atomic E-state index is 0.717. The zero-order valence-corrected chi connectivity index (χ0v) is 17.5. The van der Waals surface area contributed by atoms with Crippen LogP contribution in [0.3, 0.4) is 0 Å². The molecule has 2 aromatic carbocycles. The molecule has 0 fully saturated rings. The standard InChI is InChI=1S/C22H24ClN3OS/c1-2-3-4-5-14-27-20-12-6-17(7-13-20)15-24-26-22-25-21(16-28-22)18-8-10-19(23)11-9-18/h6-13,15-16H,2-5,14H2,1H3,(H,25,26)/b24-15+. The maximum atomic E-state index is 5.93. The lowest BCUT2D eigenvalue weighted by atomic mass is 10.2. The molecule has 0 aliphatic heterocycles. The summed E-state index contributed by atoms with van der Waals surface area (Å²) in [5.41, 5.74) is 5.92. The number of halogens is 1.